The molecule has 0 amide bonds. The molecule has 0 spiro atoms. The van der Waals surface area contributed by atoms with E-state index in [2.05, 4.69) is 0 Å². The minimum atomic E-state index is -0.540. The zero-order valence-electron chi connectivity index (χ0n) is 8.40. The highest BCUT2D eigenvalue weighted by molar-refractivity contribution is 6.01. The summed E-state index contributed by atoms with van der Waals surface area (Å²) in [5, 5.41) is 10.5. The lowest BCUT2D eigenvalue weighted by Crippen LogP contribution is -2.04. The van der Waals surface area contributed by atoms with Crippen LogP contribution in [-0.4, -0.2) is 10.7 Å². The molecule has 0 radical (unpaired) electrons. The molecule has 1 rings (SSSR count). The number of hydrogen-bond acceptors (Lipinski definition) is 4. The normalized spacial score (nSPS) is 9.93. The van der Waals surface area contributed by atoms with E-state index in [0.29, 0.717) is 18.5 Å². The molecule has 5 heteroatoms. The van der Waals surface area contributed by atoms with Gasteiger partial charge in [0.2, 0.25) is 0 Å². The van der Waals surface area contributed by atoms with Gasteiger partial charge in [0.1, 0.15) is 0 Å². The van der Waals surface area contributed by atoms with Crippen LogP contribution in [0.4, 0.5) is 11.4 Å². The number of nitrogens with two attached hydrogens (primary N) is 1. The van der Waals surface area contributed by atoms with E-state index in [9.17, 15) is 14.9 Å². The summed E-state index contributed by atoms with van der Waals surface area (Å²) < 4.78 is 0. The van der Waals surface area contributed by atoms with Gasteiger partial charge in [-0.3, -0.25) is 14.9 Å². The highest BCUT2D eigenvalue weighted by Crippen LogP contribution is 2.21. The third kappa shape index (κ3) is 2.52. The van der Waals surface area contributed by atoms with Crippen LogP contribution in [0.5, 0.6) is 0 Å². The zero-order chi connectivity index (χ0) is 11.4. The van der Waals surface area contributed by atoms with Crippen LogP contribution in [0.2, 0.25) is 0 Å². The van der Waals surface area contributed by atoms with Gasteiger partial charge in [-0.05, 0) is 12.5 Å². The zero-order valence-corrected chi connectivity index (χ0v) is 8.40. The van der Waals surface area contributed by atoms with Crippen LogP contribution in [0.1, 0.15) is 30.1 Å². The number of nitrogens with zero attached hydrogens (tertiary/aromatic N) is 1. The fourth-order valence-corrected chi connectivity index (χ4v) is 1.26. The quantitative estimate of drug-likeness (QED) is 0.355. The Hall–Kier alpha value is -1.91. The van der Waals surface area contributed by atoms with Crippen molar-refractivity contribution in [2.45, 2.75) is 19.8 Å². The summed E-state index contributed by atoms with van der Waals surface area (Å²) in [5.41, 5.74) is 6.00. The fourth-order valence-electron chi connectivity index (χ4n) is 1.26. The van der Waals surface area contributed by atoms with Crippen LogP contribution >= 0.6 is 0 Å². The third-order valence-corrected chi connectivity index (χ3v) is 2.03. The first-order valence-corrected chi connectivity index (χ1v) is 4.63. The van der Waals surface area contributed by atoms with Crippen LogP contribution in [0.15, 0.2) is 18.2 Å². The molecule has 0 saturated heterocycles. The molecule has 0 saturated carbocycles. The average molecular weight is 208 g/mol. The summed E-state index contributed by atoms with van der Waals surface area (Å²) in [7, 11) is 0. The van der Waals surface area contributed by atoms with Crippen molar-refractivity contribution in [1.29, 1.82) is 0 Å². The van der Waals surface area contributed by atoms with E-state index in [1.807, 2.05) is 6.92 Å². The molecule has 2 N–H and O–H groups in total. The molecule has 0 fully saturated rings. The number of benzene rings is 1. The molecule has 80 valence electrons. The molecule has 0 aliphatic heterocycles. The van der Waals surface area contributed by atoms with Gasteiger partial charge in [0.05, 0.1) is 4.92 Å². The number of Topliss-reactive ketones (excluding diaryl/α,β-unsaturated/α-hetero) is 1. The van der Waals surface area contributed by atoms with E-state index in [-0.39, 0.29) is 17.0 Å². The van der Waals surface area contributed by atoms with Crippen molar-refractivity contribution in [3.05, 3.63) is 33.9 Å². The predicted octanol–water partition coefficient (Wildman–Crippen LogP) is 2.16. The second-order valence-corrected chi connectivity index (χ2v) is 3.20. The van der Waals surface area contributed by atoms with E-state index in [1.54, 1.807) is 0 Å². The minimum Gasteiger partial charge on any atom is -0.398 e. The Morgan fingerprint density at radius 3 is 2.73 bits per heavy atom. The third-order valence-electron chi connectivity index (χ3n) is 2.03. The number of hydrogen-bond donors (Lipinski definition) is 1. The van der Waals surface area contributed by atoms with E-state index in [0.717, 1.165) is 0 Å². The molecule has 1 aromatic rings. The van der Waals surface area contributed by atoms with E-state index < -0.39 is 4.92 Å². The number of non-ortho nitro benzene ring substituents is 1. The summed E-state index contributed by atoms with van der Waals surface area (Å²) in [6.07, 6.45) is 1.05. The second-order valence-electron chi connectivity index (χ2n) is 3.20. The number of ketones is 1. The summed E-state index contributed by atoms with van der Waals surface area (Å²) in [4.78, 5) is 21.5. The lowest BCUT2D eigenvalue weighted by Gasteiger charge is -2.03. The number of nitro groups is 1. The molecule has 0 aliphatic rings. The van der Waals surface area contributed by atoms with Crippen LogP contribution < -0.4 is 5.73 Å². The van der Waals surface area contributed by atoms with Gasteiger partial charge in [0.15, 0.2) is 5.78 Å². The molecule has 0 unspecified atom stereocenters. The SMILES string of the molecule is CCCC(=O)c1cc([N+](=O)[O-])ccc1N. The van der Waals surface area contributed by atoms with Gasteiger partial charge in [-0.2, -0.15) is 0 Å². The van der Waals surface area contributed by atoms with Gasteiger partial charge in [-0.15, -0.1) is 0 Å². The van der Waals surface area contributed by atoms with Crippen molar-refractivity contribution in [2.75, 3.05) is 5.73 Å². The maximum Gasteiger partial charge on any atom is 0.270 e. The van der Waals surface area contributed by atoms with E-state index in [1.165, 1.54) is 18.2 Å². The molecule has 15 heavy (non-hydrogen) atoms. The van der Waals surface area contributed by atoms with E-state index in [4.69, 9.17) is 5.73 Å². The Balaban J connectivity index is 3.10. The molecule has 5 nitrogen and oxygen atoms in total. The lowest BCUT2D eigenvalue weighted by molar-refractivity contribution is -0.384. The van der Waals surface area contributed by atoms with Crippen molar-refractivity contribution in [3.8, 4) is 0 Å². The van der Waals surface area contributed by atoms with Crippen molar-refractivity contribution in [3.63, 3.8) is 0 Å². The number of nitrogen functional groups attached to an aromatic ring is 1. The number of nitro benzene ring substituents is 1. The van der Waals surface area contributed by atoms with Gasteiger partial charge in [-0.25, -0.2) is 0 Å². The van der Waals surface area contributed by atoms with E-state index >= 15 is 0 Å². The molecule has 0 atom stereocenters. The van der Waals surface area contributed by atoms with Crippen LogP contribution in [0.3, 0.4) is 0 Å². The predicted molar refractivity (Wildman–Crippen MR) is 56.7 cm³/mol. The molecule has 0 aromatic heterocycles. The first kappa shape index (κ1) is 11.2. The summed E-state index contributed by atoms with van der Waals surface area (Å²) >= 11 is 0. The van der Waals surface area contributed by atoms with Crippen molar-refractivity contribution in [1.82, 2.24) is 0 Å². The van der Waals surface area contributed by atoms with Crippen molar-refractivity contribution >= 4 is 17.2 Å². The summed E-state index contributed by atoms with van der Waals surface area (Å²) in [6, 6.07) is 3.91. The minimum absolute atomic E-state index is 0.108. The fraction of sp³-hybridized carbons (Fsp3) is 0.300. The van der Waals surface area contributed by atoms with Crippen molar-refractivity contribution < 1.29 is 9.72 Å². The number of carbonyl (C=O) groups is 1. The molecule has 0 aliphatic carbocycles. The first-order chi connectivity index (χ1) is 7.06. The highest BCUT2D eigenvalue weighted by atomic mass is 16.6. The molecule has 0 bridgehead atoms. The van der Waals surface area contributed by atoms with Crippen LogP contribution in [-0.2, 0) is 0 Å². The smallest absolute Gasteiger partial charge is 0.270 e. The van der Waals surface area contributed by atoms with Gasteiger partial charge < -0.3 is 5.73 Å². The topological polar surface area (TPSA) is 86.2 Å². The number of anilines is 1. The summed E-state index contributed by atoms with van der Waals surface area (Å²) in [6.45, 7) is 1.87. The maximum atomic E-state index is 11.5. The maximum absolute atomic E-state index is 11.5. The largest absolute Gasteiger partial charge is 0.398 e. The average Bonchev–Trinajstić information content (AvgIpc) is 2.18. The number of carbonyl (C=O) groups excluding carboxylic acids is 1. The summed E-state index contributed by atoms with van der Waals surface area (Å²) in [5.74, 6) is -0.154. The Kier molecular flexibility index (Phi) is 3.38. The standard InChI is InChI=1S/C10H12N2O3/c1-2-3-10(13)8-6-7(12(14)15)4-5-9(8)11/h4-6H,2-3,11H2,1H3. The van der Waals surface area contributed by atoms with Gasteiger partial charge in [-0.1, -0.05) is 6.92 Å². The van der Waals surface area contributed by atoms with Crippen LogP contribution in [0, 0.1) is 10.1 Å². The molecule has 0 heterocycles. The molecule has 1 aromatic carbocycles. The van der Waals surface area contributed by atoms with Gasteiger partial charge in [0.25, 0.3) is 5.69 Å². The van der Waals surface area contributed by atoms with Crippen molar-refractivity contribution in [2.24, 2.45) is 0 Å². The van der Waals surface area contributed by atoms with Gasteiger partial charge >= 0.3 is 0 Å². The highest BCUT2D eigenvalue weighted by Gasteiger charge is 2.14. The number of rotatable bonds is 4. The molecular formula is C10H12N2O3. The van der Waals surface area contributed by atoms with Gasteiger partial charge in [0, 0.05) is 29.8 Å². The second kappa shape index (κ2) is 4.54. The Morgan fingerprint density at radius 1 is 1.53 bits per heavy atom. The molecular weight excluding hydrogens is 196 g/mol. The van der Waals surface area contributed by atoms with Crippen LogP contribution in [0.25, 0.3) is 0 Å². The Bertz CT molecular complexity index is 402. The Morgan fingerprint density at radius 2 is 2.20 bits per heavy atom. The first-order valence-electron chi connectivity index (χ1n) is 4.63. The Labute approximate surface area is 87.0 Å². The lowest BCUT2D eigenvalue weighted by atomic mass is 10.0. The monoisotopic (exact) mass is 208 g/mol.